The number of hydrogen-bond acceptors (Lipinski definition) is 8. The van der Waals surface area contributed by atoms with Crippen LogP contribution in [-0.2, 0) is 35.2 Å². The van der Waals surface area contributed by atoms with Crippen LogP contribution < -0.4 is 38.5 Å². The number of amides is 4. The summed E-state index contributed by atoms with van der Waals surface area (Å²) < 4.78 is 0. The largest absolute Gasteiger partial charge is 0.370 e. The molecular formula is C32H46N8O6. The normalized spacial score (nSPS) is 29.5. The number of carbonyl (C=O) groups excluding carboxylic acids is 6. The summed E-state index contributed by atoms with van der Waals surface area (Å²) in [5.41, 5.74) is 17.2. The van der Waals surface area contributed by atoms with Crippen molar-refractivity contribution >= 4 is 41.2 Å². The van der Waals surface area contributed by atoms with E-state index in [1.807, 2.05) is 37.3 Å². The van der Waals surface area contributed by atoms with Crippen molar-refractivity contribution in [2.75, 3.05) is 13.1 Å². The van der Waals surface area contributed by atoms with E-state index in [2.05, 4.69) is 26.3 Å². The minimum atomic E-state index is -1.08. The van der Waals surface area contributed by atoms with Crippen LogP contribution in [0.1, 0.15) is 57.4 Å². The molecule has 14 nitrogen and oxygen atoms in total. The summed E-state index contributed by atoms with van der Waals surface area (Å²) in [5.74, 6) is -6.27. The van der Waals surface area contributed by atoms with E-state index < -0.39 is 71.3 Å². The van der Waals surface area contributed by atoms with Gasteiger partial charge >= 0.3 is 0 Å². The van der Waals surface area contributed by atoms with E-state index >= 15 is 0 Å². The summed E-state index contributed by atoms with van der Waals surface area (Å²) >= 11 is 0. The van der Waals surface area contributed by atoms with Gasteiger partial charge in [-0.15, -0.1) is 0 Å². The Morgan fingerprint density at radius 1 is 0.783 bits per heavy atom. The maximum Gasteiger partial charge on any atom is 0.240 e. The zero-order chi connectivity index (χ0) is 33.4. The van der Waals surface area contributed by atoms with Crippen molar-refractivity contribution in [1.29, 1.82) is 0 Å². The Balaban J connectivity index is 1.57. The van der Waals surface area contributed by atoms with E-state index in [-0.39, 0.29) is 56.4 Å². The quantitative estimate of drug-likeness (QED) is 0.0734. The highest BCUT2D eigenvalue weighted by Crippen LogP contribution is 2.34. The van der Waals surface area contributed by atoms with Gasteiger partial charge < -0.3 is 38.5 Å². The van der Waals surface area contributed by atoms with Crippen molar-refractivity contribution < 1.29 is 28.8 Å². The van der Waals surface area contributed by atoms with Gasteiger partial charge in [-0.05, 0) is 44.1 Å². The van der Waals surface area contributed by atoms with Gasteiger partial charge in [0.25, 0.3) is 0 Å². The van der Waals surface area contributed by atoms with E-state index in [9.17, 15) is 28.8 Å². The zero-order valence-corrected chi connectivity index (χ0v) is 26.2. The molecule has 2 unspecified atom stereocenters. The van der Waals surface area contributed by atoms with Crippen molar-refractivity contribution in [3.8, 4) is 0 Å². The van der Waals surface area contributed by atoms with Crippen LogP contribution in [0.15, 0.2) is 35.3 Å². The molecule has 0 spiro atoms. The SMILES string of the molecule is CCCC[C@@H]1NC[C@H](C(=O)C2C[C@H](C(=O)C3C[C@H](C(N)=O)NC(=O)[C@H]3CCCN=C(N)N)NC(=O)[C@H]2Cc2ccccc2)NC1=O. The van der Waals surface area contributed by atoms with Crippen molar-refractivity contribution in [2.45, 2.75) is 82.5 Å². The average Bonchev–Trinajstić information content (AvgIpc) is 3.03. The number of primary amides is 1. The minimum Gasteiger partial charge on any atom is -0.370 e. The summed E-state index contributed by atoms with van der Waals surface area (Å²) in [6, 6.07) is 5.89. The van der Waals surface area contributed by atoms with Gasteiger partial charge in [0.2, 0.25) is 23.6 Å². The molecule has 0 bridgehead atoms. The number of unbranched alkanes of at least 4 members (excludes halogenated alkanes) is 1. The van der Waals surface area contributed by atoms with Gasteiger partial charge in [-0.1, -0.05) is 50.1 Å². The van der Waals surface area contributed by atoms with Crippen molar-refractivity contribution in [3.05, 3.63) is 35.9 Å². The maximum atomic E-state index is 14.2. The summed E-state index contributed by atoms with van der Waals surface area (Å²) in [7, 11) is 0. The van der Waals surface area contributed by atoms with Gasteiger partial charge in [0.05, 0.1) is 18.0 Å². The second-order valence-electron chi connectivity index (χ2n) is 12.5. The average molecular weight is 639 g/mol. The first-order chi connectivity index (χ1) is 22.0. The molecule has 8 atom stereocenters. The van der Waals surface area contributed by atoms with E-state index in [1.54, 1.807) is 0 Å². The van der Waals surface area contributed by atoms with Crippen LogP contribution in [0.25, 0.3) is 0 Å². The van der Waals surface area contributed by atoms with Crippen LogP contribution in [0.2, 0.25) is 0 Å². The molecule has 250 valence electrons. The molecule has 4 amide bonds. The molecule has 3 aliphatic rings. The lowest BCUT2D eigenvalue weighted by Crippen LogP contribution is -2.64. The van der Waals surface area contributed by atoms with Crippen molar-refractivity contribution in [2.24, 2.45) is 45.9 Å². The van der Waals surface area contributed by atoms with Crippen LogP contribution >= 0.6 is 0 Å². The summed E-state index contributed by atoms with van der Waals surface area (Å²) in [6.45, 7) is 2.49. The molecule has 3 saturated heterocycles. The standard InChI is InChI=1S/C32H46N8O6/c1-2-3-11-22-31(46)40-25(16-37-22)27(42)20-14-23(38-30(45)21(20)13-17-8-5-4-6-9-17)26(41)19-15-24(28(33)43)39-29(44)18(19)10-7-12-36-32(34)35/h4-6,8-9,18-25,37H,2-3,7,10-16H2,1H3,(H2,33,43)(H,38,45)(H,39,44)(H,40,46)(H4,34,35,36)/t18-,19?,20?,21-,22-,23+,24+,25+/m0/s1. The highest BCUT2D eigenvalue weighted by atomic mass is 16.2. The summed E-state index contributed by atoms with van der Waals surface area (Å²) in [5, 5.41) is 11.4. The molecule has 0 aromatic heterocycles. The highest BCUT2D eigenvalue weighted by molar-refractivity contribution is 6.01. The minimum absolute atomic E-state index is 0.00732. The molecule has 0 aliphatic carbocycles. The van der Waals surface area contributed by atoms with Crippen molar-refractivity contribution in [3.63, 3.8) is 0 Å². The molecular weight excluding hydrogens is 592 g/mol. The Bertz CT molecular complexity index is 1330. The van der Waals surface area contributed by atoms with Crippen LogP contribution in [0.5, 0.6) is 0 Å². The Kier molecular flexibility index (Phi) is 11.9. The van der Waals surface area contributed by atoms with Gasteiger partial charge in [0.15, 0.2) is 17.5 Å². The second kappa shape index (κ2) is 15.8. The van der Waals surface area contributed by atoms with E-state index in [4.69, 9.17) is 17.2 Å². The third kappa shape index (κ3) is 8.47. The van der Waals surface area contributed by atoms with E-state index in [1.165, 1.54) is 0 Å². The van der Waals surface area contributed by atoms with Gasteiger partial charge in [-0.2, -0.15) is 0 Å². The lowest BCUT2D eigenvalue weighted by Gasteiger charge is -2.41. The number of benzene rings is 1. The lowest BCUT2D eigenvalue weighted by molar-refractivity contribution is -0.147. The lowest BCUT2D eigenvalue weighted by atomic mass is 9.70. The number of carbonyl (C=O) groups is 6. The van der Waals surface area contributed by atoms with Gasteiger partial charge in [0.1, 0.15) is 12.1 Å². The Hall–Kier alpha value is -4.33. The fraction of sp³-hybridized carbons (Fsp3) is 0.594. The predicted molar refractivity (Wildman–Crippen MR) is 170 cm³/mol. The smallest absolute Gasteiger partial charge is 0.240 e. The van der Waals surface area contributed by atoms with Gasteiger partial charge in [0, 0.05) is 30.8 Å². The molecule has 0 saturated carbocycles. The van der Waals surface area contributed by atoms with Gasteiger partial charge in [-0.3, -0.25) is 33.8 Å². The third-order valence-electron chi connectivity index (χ3n) is 9.33. The van der Waals surface area contributed by atoms with E-state index in [0.29, 0.717) is 12.8 Å². The number of hydrogen-bond donors (Lipinski definition) is 7. The molecule has 46 heavy (non-hydrogen) atoms. The van der Waals surface area contributed by atoms with Crippen LogP contribution in [0, 0.1) is 23.7 Å². The molecule has 3 fully saturated rings. The number of nitrogens with two attached hydrogens (primary N) is 3. The Morgan fingerprint density at radius 2 is 1.39 bits per heavy atom. The maximum absolute atomic E-state index is 14.2. The summed E-state index contributed by atoms with van der Waals surface area (Å²) in [6.07, 6.45) is 3.31. The zero-order valence-electron chi connectivity index (χ0n) is 26.2. The number of piperazine rings is 1. The fourth-order valence-electron chi connectivity index (χ4n) is 6.84. The second-order valence-corrected chi connectivity index (χ2v) is 12.5. The number of ketones is 2. The number of Topliss-reactive ketones (excluding diaryl/α,β-unsaturated/α-hetero) is 2. The molecule has 0 radical (unpaired) electrons. The number of rotatable bonds is 14. The van der Waals surface area contributed by atoms with Crippen molar-refractivity contribution in [1.82, 2.24) is 21.3 Å². The predicted octanol–water partition coefficient (Wildman–Crippen LogP) is -1.21. The molecule has 14 heteroatoms. The highest BCUT2D eigenvalue weighted by Gasteiger charge is 2.49. The number of piperidine rings is 2. The third-order valence-corrected chi connectivity index (χ3v) is 9.33. The number of guanidine groups is 1. The Morgan fingerprint density at radius 3 is 2.04 bits per heavy atom. The number of nitrogens with one attached hydrogen (secondary N) is 4. The summed E-state index contributed by atoms with van der Waals surface area (Å²) in [4.78, 5) is 83.9. The van der Waals surface area contributed by atoms with E-state index in [0.717, 1.165) is 18.4 Å². The molecule has 10 N–H and O–H groups in total. The first kappa shape index (κ1) is 34.5. The van der Waals surface area contributed by atoms with Crippen LogP contribution in [0.4, 0.5) is 0 Å². The number of nitrogens with zero attached hydrogens (tertiary/aromatic N) is 1. The molecule has 1 aromatic carbocycles. The van der Waals surface area contributed by atoms with Crippen LogP contribution in [0.3, 0.4) is 0 Å². The van der Waals surface area contributed by atoms with Gasteiger partial charge in [-0.25, -0.2) is 0 Å². The molecule has 1 aromatic rings. The fourth-order valence-corrected chi connectivity index (χ4v) is 6.84. The molecule has 3 heterocycles. The first-order valence-electron chi connectivity index (χ1n) is 16.1. The molecule has 4 rings (SSSR count). The Labute approximate surface area is 268 Å². The topological polar surface area (TPSA) is 241 Å². The first-order valence-corrected chi connectivity index (χ1v) is 16.1. The molecule has 3 aliphatic heterocycles. The van der Waals surface area contributed by atoms with Crippen LogP contribution in [-0.4, -0.2) is 78.4 Å². The number of aliphatic imine (C=N–C) groups is 1. The monoisotopic (exact) mass is 638 g/mol.